The van der Waals surface area contributed by atoms with Gasteiger partial charge in [0.05, 0.1) is 17.3 Å². The first-order chi connectivity index (χ1) is 12.7. The molecule has 0 atom stereocenters. The van der Waals surface area contributed by atoms with Crippen molar-refractivity contribution in [3.8, 4) is 11.4 Å². The molecule has 144 valence electrons. The topological polar surface area (TPSA) is 64.9 Å². The number of ether oxygens (including phenoxy) is 1. The lowest BCUT2D eigenvalue weighted by Gasteiger charge is -2.12. The van der Waals surface area contributed by atoms with E-state index in [1.807, 2.05) is 36.4 Å². The molecule has 3 aromatic rings. The minimum absolute atomic E-state index is 0. The molecule has 0 fully saturated rings. The van der Waals surface area contributed by atoms with E-state index in [1.165, 1.54) is 0 Å². The molecule has 10 heteroatoms. The van der Waals surface area contributed by atoms with Crippen LogP contribution in [0.1, 0.15) is 5.56 Å². The highest BCUT2D eigenvalue weighted by Crippen LogP contribution is 2.32. The van der Waals surface area contributed by atoms with Gasteiger partial charge in [-0.3, -0.25) is 0 Å². The molecule has 3 rings (SSSR count). The normalized spacial score (nSPS) is 10.5. The molecule has 0 amide bonds. The van der Waals surface area contributed by atoms with Crippen LogP contribution in [0.15, 0.2) is 56.6 Å². The van der Waals surface area contributed by atoms with Gasteiger partial charge in [-0.1, -0.05) is 45.9 Å². The van der Waals surface area contributed by atoms with Crippen molar-refractivity contribution in [3.05, 3.63) is 57.0 Å². The smallest absolute Gasteiger partial charge is 0.214 e. The zero-order valence-corrected chi connectivity index (χ0v) is 19.2. The predicted octanol–water partition coefficient (Wildman–Crippen LogP) is 4.50. The Morgan fingerprint density at radius 3 is 2.70 bits per heavy atom. The first kappa shape index (κ1) is 22.2. The molecule has 0 saturated carbocycles. The van der Waals surface area contributed by atoms with Gasteiger partial charge >= 0.3 is 0 Å². The molecule has 27 heavy (non-hydrogen) atoms. The van der Waals surface area contributed by atoms with E-state index in [1.54, 1.807) is 23.6 Å². The van der Waals surface area contributed by atoms with Crippen LogP contribution >= 0.6 is 56.0 Å². The van der Waals surface area contributed by atoms with Crippen LogP contribution < -0.4 is 10.1 Å². The Kier molecular flexibility index (Phi) is 9.04. The lowest BCUT2D eigenvalue weighted by Crippen LogP contribution is -2.17. The van der Waals surface area contributed by atoms with Gasteiger partial charge in [-0.2, -0.15) is 4.68 Å². The number of methoxy groups -OCH3 is 1. The van der Waals surface area contributed by atoms with Crippen LogP contribution in [-0.4, -0.2) is 39.6 Å². The lowest BCUT2D eigenvalue weighted by molar-refractivity contribution is 0.405. The van der Waals surface area contributed by atoms with E-state index >= 15 is 0 Å². The largest absolute Gasteiger partial charge is 0.495 e. The number of thioether (sulfide) groups is 1. The maximum Gasteiger partial charge on any atom is 0.214 e. The van der Waals surface area contributed by atoms with Crippen molar-refractivity contribution in [2.45, 2.75) is 11.7 Å². The Morgan fingerprint density at radius 1 is 1.19 bits per heavy atom. The van der Waals surface area contributed by atoms with E-state index in [2.05, 4.69) is 58.8 Å². The van der Waals surface area contributed by atoms with Crippen LogP contribution in [0.25, 0.3) is 5.69 Å². The van der Waals surface area contributed by atoms with Crippen molar-refractivity contribution in [1.29, 1.82) is 0 Å². The van der Waals surface area contributed by atoms with Gasteiger partial charge in [0.25, 0.3) is 0 Å². The summed E-state index contributed by atoms with van der Waals surface area (Å²) in [7, 11) is 1.68. The van der Waals surface area contributed by atoms with E-state index in [0.29, 0.717) is 6.54 Å². The molecule has 2 aromatic carbocycles. The number of aromatic nitrogens is 4. The predicted molar refractivity (Wildman–Crippen MR) is 117 cm³/mol. The van der Waals surface area contributed by atoms with Gasteiger partial charge in [-0.15, -0.1) is 17.5 Å². The molecule has 0 bridgehead atoms. The average molecular weight is 536 g/mol. The van der Waals surface area contributed by atoms with Crippen molar-refractivity contribution >= 4 is 56.0 Å². The second kappa shape index (κ2) is 11.0. The third-order valence-corrected chi connectivity index (χ3v) is 5.52. The summed E-state index contributed by atoms with van der Waals surface area (Å²) in [6, 6.07) is 13.9. The van der Waals surface area contributed by atoms with Crippen LogP contribution in [0.4, 0.5) is 0 Å². The number of para-hydroxylation sites is 1. The summed E-state index contributed by atoms with van der Waals surface area (Å²) in [5.41, 5.74) is 2.05. The number of nitrogens with one attached hydrogen (secondary N) is 1. The van der Waals surface area contributed by atoms with Gasteiger partial charge in [0.1, 0.15) is 5.75 Å². The summed E-state index contributed by atoms with van der Waals surface area (Å²) in [4.78, 5) is 0. The standard InChI is InChI=1S/C17H17Br2N5OS.ClH/c1-25-16-12(9-13(18)10-15(16)19)11-20-7-8-26-17-21-22-23-24(17)14-5-3-2-4-6-14;/h2-6,9-10,20H,7-8,11H2,1H3;1H. The van der Waals surface area contributed by atoms with Crippen LogP contribution in [0, 0.1) is 0 Å². The molecule has 0 spiro atoms. The third kappa shape index (κ3) is 5.92. The van der Waals surface area contributed by atoms with Crippen LogP contribution in [0.5, 0.6) is 5.75 Å². The van der Waals surface area contributed by atoms with E-state index in [0.717, 1.165) is 43.4 Å². The zero-order valence-electron chi connectivity index (χ0n) is 14.4. The molecule has 0 saturated heterocycles. The fourth-order valence-corrected chi connectivity index (χ4v) is 4.67. The van der Waals surface area contributed by atoms with Crippen LogP contribution in [0.3, 0.4) is 0 Å². The molecule has 1 heterocycles. The Morgan fingerprint density at radius 2 is 1.96 bits per heavy atom. The number of hydrogen-bond donors (Lipinski definition) is 1. The van der Waals surface area contributed by atoms with Gasteiger partial charge in [0, 0.05) is 28.9 Å². The summed E-state index contributed by atoms with van der Waals surface area (Å²) < 4.78 is 9.16. The Labute approximate surface area is 185 Å². The SMILES string of the molecule is COc1c(Br)cc(Br)cc1CNCCSc1nnnn1-c1ccccc1.Cl. The fraction of sp³-hybridized carbons (Fsp3) is 0.235. The molecule has 0 aliphatic carbocycles. The number of halogens is 3. The first-order valence-electron chi connectivity index (χ1n) is 7.88. The van der Waals surface area contributed by atoms with E-state index in [-0.39, 0.29) is 12.4 Å². The summed E-state index contributed by atoms with van der Waals surface area (Å²) in [5, 5.41) is 16.2. The van der Waals surface area contributed by atoms with Crippen molar-refractivity contribution < 1.29 is 4.74 Å². The summed E-state index contributed by atoms with van der Waals surface area (Å²) in [5.74, 6) is 1.70. The molecule has 0 aliphatic heterocycles. The minimum Gasteiger partial charge on any atom is -0.495 e. The average Bonchev–Trinajstić information content (AvgIpc) is 3.10. The second-order valence-electron chi connectivity index (χ2n) is 5.31. The molecular formula is C17H18Br2ClN5OS. The van der Waals surface area contributed by atoms with Crippen molar-refractivity contribution in [1.82, 2.24) is 25.5 Å². The molecule has 1 N–H and O–H groups in total. The van der Waals surface area contributed by atoms with Crippen LogP contribution in [0.2, 0.25) is 0 Å². The van der Waals surface area contributed by atoms with Crippen molar-refractivity contribution in [2.24, 2.45) is 0 Å². The summed E-state index contributed by atoms with van der Waals surface area (Å²) >= 11 is 8.65. The van der Waals surface area contributed by atoms with Gasteiger partial charge in [-0.05, 0) is 50.6 Å². The van der Waals surface area contributed by atoms with Crippen LogP contribution in [-0.2, 0) is 6.54 Å². The molecule has 0 radical (unpaired) electrons. The molecule has 1 aromatic heterocycles. The molecule has 0 aliphatic rings. The minimum atomic E-state index is 0. The highest BCUT2D eigenvalue weighted by Gasteiger charge is 2.10. The lowest BCUT2D eigenvalue weighted by atomic mass is 10.2. The van der Waals surface area contributed by atoms with Gasteiger partial charge < -0.3 is 10.1 Å². The highest BCUT2D eigenvalue weighted by molar-refractivity contribution is 9.11. The summed E-state index contributed by atoms with van der Waals surface area (Å²) in [6.07, 6.45) is 0. The maximum absolute atomic E-state index is 5.47. The number of benzene rings is 2. The van der Waals surface area contributed by atoms with Gasteiger partial charge in [0.15, 0.2) is 0 Å². The maximum atomic E-state index is 5.47. The fourth-order valence-electron chi connectivity index (χ4n) is 2.41. The monoisotopic (exact) mass is 533 g/mol. The van der Waals surface area contributed by atoms with Gasteiger partial charge in [0.2, 0.25) is 5.16 Å². The molecule has 6 nitrogen and oxygen atoms in total. The number of tetrazole rings is 1. The molecular weight excluding hydrogens is 518 g/mol. The van der Waals surface area contributed by atoms with E-state index < -0.39 is 0 Å². The Hall–Kier alpha value is -1.13. The number of rotatable bonds is 8. The van der Waals surface area contributed by atoms with E-state index in [9.17, 15) is 0 Å². The van der Waals surface area contributed by atoms with E-state index in [4.69, 9.17) is 4.74 Å². The Bertz CT molecular complexity index is 866. The quantitative estimate of drug-likeness (QED) is 0.339. The Balaban J connectivity index is 0.00000261. The second-order valence-corrected chi connectivity index (χ2v) is 8.15. The van der Waals surface area contributed by atoms with Crippen molar-refractivity contribution in [3.63, 3.8) is 0 Å². The third-order valence-electron chi connectivity index (χ3n) is 3.56. The summed E-state index contributed by atoms with van der Waals surface area (Å²) in [6.45, 7) is 1.53. The zero-order chi connectivity index (χ0) is 18.4. The highest BCUT2D eigenvalue weighted by atomic mass is 79.9. The van der Waals surface area contributed by atoms with Crippen molar-refractivity contribution in [2.75, 3.05) is 19.4 Å². The first-order valence-corrected chi connectivity index (χ1v) is 10.5. The van der Waals surface area contributed by atoms with Gasteiger partial charge in [-0.25, -0.2) is 0 Å². The molecule has 0 unspecified atom stereocenters. The number of nitrogens with zero attached hydrogens (tertiary/aromatic N) is 4. The number of hydrogen-bond acceptors (Lipinski definition) is 6.